The van der Waals surface area contributed by atoms with Gasteiger partial charge >= 0.3 is 0 Å². The van der Waals surface area contributed by atoms with Crippen LogP contribution in [0.25, 0.3) is 20.7 Å². The highest BCUT2D eigenvalue weighted by molar-refractivity contribution is 7.18. The molecule has 3 aromatic rings. The van der Waals surface area contributed by atoms with Crippen molar-refractivity contribution in [3.05, 3.63) is 39.1 Å². The van der Waals surface area contributed by atoms with Gasteiger partial charge < -0.3 is 4.90 Å². The average molecular weight is 386 g/mol. The van der Waals surface area contributed by atoms with E-state index in [2.05, 4.69) is 13.0 Å². The third-order valence-corrected chi connectivity index (χ3v) is 6.95. The Bertz CT molecular complexity index is 1000. The van der Waals surface area contributed by atoms with Crippen LogP contribution in [0.1, 0.15) is 25.6 Å². The molecule has 3 aromatic heterocycles. The van der Waals surface area contributed by atoms with Crippen LogP contribution in [0.3, 0.4) is 0 Å². The van der Waals surface area contributed by atoms with Crippen LogP contribution in [0, 0.1) is 17.2 Å². The Morgan fingerprint density at radius 1 is 1.38 bits per heavy atom. The molecule has 0 unspecified atom stereocenters. The molecular weight excluding hydrogens is 364 g/mol. The van der Waals surface area contributed by atoms with Crippen LogP contribution < -0.4 is 10.5 Å². The molecule has 7 heteroatoms. The zero-order valence-corrected chi connectivity index (χ0v) is 16.3. The highest BCUT2D eigenvalue weighted by Crippen LogP contribution is 2.33. The molecule has 0 spiro atoms. The van der Waals surface area contributed by atoms with E-state index in [1.54, 1.807) is 15.9 Å². The summed E-state index contributed by atoms with van der Waals surface area (Å²) < 4.78 is 1.58. The third kappa shape index (κ3) is 3.20. The fourth-order valence-electron chi connectivity index (χ4n) is 3.62. The van der Waals surface area contributed by atoms with Crippen molar-refractivity contribution in [3.8, 4) is 16.5 Å². The molecule has 0 amide bonds. The molecule has 26 heavy (non-hydrogen) atoms. The molecule has 0 atom stereocenters. The first-order valence-electron chi connectivity index (χ1n) is 8.92. The maximum Gasteiger partial charge on any atom is 0.264 e. The van der Waals surface area contributed by atoms with Crippen molar-refractivity contribution in [1.29, 1.82) is 5.26 Å². The fourth-order valence-corrected chi connectivity index (χ4v) is 5.39. The van der Waals surface area contributed by atoms with E-state index in [4.69, 9.17) is 4.98 Å². The molecule has 0 bridgehead atoms. The normalized spacial score (nSPS) is 20.3. The zero-order valence-electron chi connectivity index (χ0n) is 14.7. The Labute approximate surface area is 160 Å². The van der Waals surface area contributed by atoms with Gasteiger partial charge in [-0.1, -0.05) is 13.0 Å². The summed E-state index contributed by atoms with van der Waals surface area (Å²) in [6, 6.07) is 6.15. The van der Waals surface area contributed by atoms with Crippen LogP contribution in [0.2, 0.25) is 0 Å². The number of fused-ring (bicyclic) bond motifs is 1. The van der Waals surface area contributed by atoms with Gasteiger partial charge in [0.05, 0.1) is 24.5 Å². The SMILES string of the molecule is CC1CC[NH+](Cc2nc3scc(-c4cccs4)c3c(=O)n2CC#N)CC1. The molecule has 1 aliphatic rings. The lowest BCUT2D eigenvalue weighted by atomic mass is 9.99. The topological polar surface area (TPSA) is 63.1 Å². The van der Waals surface area contributed by atoms with Gasteiger partial charge in [0.25, 0.3) is 5.56 Å². The van der Waals surface area contributed by atoms with E-state index in [-0.39, 0.29) is 12.1 Å². The minimum atomic E-state index is -0.0824. The van der Waals surface area contributed by atoms with Gasteiger partial charge in [-0.15, -0.1) is 22.7 Å². The predicted molar refractivity (Wildman–Crippen MR) is 106 cm³/mol. The first-order valence-corrected chi connectivity index (χ1v) is 10.7. The van der Waals surface area contributed by atoms with Crippen molar-refractivity contribution in [2.24, 2.45) is 5.92 Å². The van der Waals surface area contributed by atoms with Crippen molar-refractivity contribution in [2.45, 2.75) is 32.9 Å². The van der Waals surface area contributed by atoms with Gasteiger partial charge in [-0.05, 0) is 30.2 Å². The van der Waals surface area contributed by atoms with Crippen molar-refractivity contribution < 1.29 is 4.90 Å². The van der Waals surface area contributed by atoms with E-state index in [0.717, 1.165) is 40.1 Å². The van der Waals surface area contributed by atoms with E-state index in [9.17, 15) is 10.1 Å². The number of aromatic nitrogens is 2. The standard InChI is InChI=1S/C19H20N4OS2/c1-13-4-7-22(8-5-13)11-16-21-18-17(19(24)23(16)9-6-20)14(12-26-18)15-3-2-10-25-15/h2-3,10,12-13H,4-5,7-9,11H2,1H3/p+1. The number of rotatable bonds is 4. The average Bonchev–Trinajstić information content (AvgIpc) is 3.29. The number of likely N-dealkylation sites (tertiary alicyclic amines) is 1. The molecule has 1 fully saturated rings. The second kappa shape index (κ2) is 7.31. The van der Waals surface area contributed by atoms with Crippen molar-refractivity contribution in [1.82, 2.24) is 9.55 Å². The number of hydrogen-bond donors (Lipinski definition) is 1. The lowest BCUT2D eigenvalue weighted by molar-refractivity contribution is -0.920. The molecular formula is C19H21N4OS2+. The Balaban J connectivity index is 1.77. The third-order valence-electron chi connectivity index (χ3n) is 5.18. The molecule has 0 saturated carbocycles. The summed E-state index contributed by atoms with van der Waals surface area (Å²) in [5, 5.41) is 13.9. The Hall–Kier alpha value is -2.01. The van der Waals surface area contributed by atoms with E-state index in [0.29, 0.717) is 11.9 Å². The van der Waals surface area contributed by atoms with Gasteiger partial charge in [0, 0.05) is 15.8 Å². The lowest BCUT2D eigenvalue weighted by Gasteiger charge is -2.27. The van der Waals surface area contributed by atoms with Crippen LogP contribution in [0.15, 0.2) is 27.7 Å². The maximum absolute atomic E-state index is 13.2. The smallest absolute Gasteiger partial charge is 0.264 e. The Morgan fingerprint density at radius 3 is 2.88 bits per heavy atom. The fraction of sp³-hybridized carbons (Fsp3) is 0.421. The molecule has 1 saturated heterocycles. The second-order valence-electron chi connectivity index (χ2n) is 6.99. The van der Waals surface area contributed by atoms with Crippen LogP contribution in [-0.2, 0) is 13.1 Å². The number of quaternary nitrogens is 1. The number of nitriles is 1. The van der Waals surface area contributed by atoms with Crippen LogP contribution >= 0.6 is 22.7 Å². The summed E-state index contributed by atoms with van der Waals surface area (Å²) in [4.78, 5) is 21.3. The number of piperidine rings is 1. The van der Waals surface area contributed by atoms with E-state index in [1.165, 1.54) is 29.1 Å². The van der Waals surface area contributed by atoms with Crippen molar-refractivity contribution in [3.63, 3.8) is 0 Å². The molecule has 4 heterocycles. The zero-order chi connectivity index (χ0) is 18.1. The molecule has 4 rings (SSSR count). The predicted octanol–water partition coefficient (Wildman–Crippen LogP) is 2.52. The van der Waals surface area contributed by atoms with E-state index >= 15 is 0 Å². The summed E-state index contributed by atoms with van der Waals surface area (Å²) in [7, 11) is 0. The number of hydrogen-bond acceptors (Lipinski definition) is 5. The first kappa shape index (κ1) is 17.4. The molecule has 0 radical (unpaired) electrons. The molecule has 1 N–H and O–H groups in total. The van der Waals surface area contributed by atoms with Gasteiger partial charge in [0.1, 0.15) is 17.9 Å². The second-order valence-corrected chi connectivity index (χ2v) is 8.80. The molecule has 0 aromatic carbocycles. The largest absolute Gasteiger partial charge is 0.329 e. The quantitative estimate of drug-likeness (QED) is 0.751. The van der Waals surface area contributed by atoms with E-state index in [1.807, 2.05) is 22.9 Å². The Kier molecular flexibility index (Phi) is 4.90. The summed E-state index contributed by atoms with van der Waals surface area (Å²) in [6.45, 7) is 5.27. The summed E-state index contributed by atoms with van der Waals surface area (Å²) in [5.74, 6) is 1.52. The highest BCUT2D eigenvalue weighted by atomic mass is 32.1. The summed E-state index contributed by atoms with van der Waals surface area (Å²) in [5.41, 5.74) is 0.857. The maximum atomic E-state index is 13.2. The first-order chi connectivity index (χ1) is 12.7. The van der Waals surface area contributed by atoms with Crippen LogP contribution in [0.5, 0.6) is 0 Å². The summed E-state index contributed by atoms with van der Waals surface area (Å²) >= 11 is 3.14. The molecule has 0 aliphatic carbocycles. The minimum Gasteiger partial charge on any atom is -0.329 e. The molecule has 1 aliphatic heterocycles. The minimum absolute atomic E-state index is 0.0561. The van der Waals surface area contributed by atoms with Gasteiger partial charge in [-0.25, -0.2) is 4.98 Å². The van der Waals surface area contributed by atoms with E-state index < -0.39 is 0 Å². The number of nitrogens with zero attached hydrogens (tertiary/aromatic N) is 3. The van der Waals surface area contributed by atoms with Gasteiger partial charge in [-0.2, -0.15) is 5.26 Å². The monoisotopic (exact) mass is 385 g/mol. The highest BCUT2D eigenvalue weighted by Gasteiger charge is 2.23. The van der Waals surface area contributed by atoms with Gasteiger partial charge in [0.15, 0.2) is 5.82 Å². The van der Waals surface area contributed by atoms with Gasteiger partial charge in [-0.3, -0.25) is 9.36 Å². The van der Waals surface area contributed by atoms with Crippen LogP contribution in [0.4, 0.5) is 0 Å². The number of nitrogens with one attached hydrogen (secondary N) is 1. The van der Waals surface area contributed by atoms with Crippen LogP contribution in [-0.4, -0.2) is 22.6 Å². The van der Waals surface area contributed by atoms with Gasteiger partial charge in [0.2, 0.25) is 0 Å². The lowest BCUT2D eigenvalue weighted by Crippen LogP contribution is -3.11. The molecule has 5 nitrogen and oxygen atoms in total. The summed E-state index contributed by atoms with van der Waals surface area (Å²) in [6.07, 6.45) is 2.42. The number of thiophene rings is 2. The molecule has 134 valence electrons. The van der Waals surface area contributed by atoms with Crippen molar-refractivity contribution in [2.75, 3.05) is 13.1 Å². The Morgan fingerprint density at radius 2 is 2.19 bits per heavy atom. The van der Waals surface area contributed by atoms with Crippen molar-refractivity contribution >= 4 is 32.9 Å².